The van der Waals surface area contributed by atoms with Gasteiger partial charge in [-0.3, -0.25) is 0 Å². The molecule has 0 aromatic rings. The van der Waals surface area contributed by atoms with Crippen molar-refractivity contribution in [2.24, 2.45) is 28.6 Å². The fourth-order valence-corrected chi connectivity index (χ4v) is 8.77. The lowest BCUT2D eigenvalue weighted by Crippen LogP contribution is -2.52. The second-order valence-corrected chi connectivity index (χ2v) is 17.2. The first-order valence-corrected chi connectivity index (χ1v) is 15.0. The van der Waals surface area contributed by atoms with E-state index in [1.807, 2.05) is 0 Å². The monoisotopic (exact) mass is 416 g/mol. The molecule has 29 heavy (non-hydrogen) atoms. The zero-order valence-corrected chi connectivity index (χ0v) is 20.8. The molecule has 0 aliphatic heterocycles. The Morgan fingerprint density at radius 3 is 2.52 bits per heavy atom. The van der Waals surface area contributed by atoms with Gasteiger partial charge in [0.15, 0.2) is 8.32 Å². The smallest absolute Gasteiger partial charge is 0.192 e. The average molecular weight is 417 g/mol. The molecule has 2 nitrogen and oxygen atoms in total. The van der Waals surface area contributed by atoms with Crippen LogP contribution in [0.15, 0.2) is 24.3 Å². The van der Waals surface area contributed by atoms with Gasteiger partial charge in [0, 0.05) is 11.5 Å². The first-order chi connectivity index (χ1) is 13.4. The Hall–Kier alpha value is -0.383. The highest BCUT2D eigenvalue weighted by Gasteiger charge is 2.59. The molecule has 3 unspecified atom stereocenters. The van der Waals surface area contributed by atoms with Gasteiger partial charge in [0.1, 0.15) is 0 Å². The summed E-state index contributed by atoms with van der Waals surface area (Å²) in [5.74, 6) is 2.13. The van der Waals surface area contributed by atoms with Crippen molar-refractivity contribution in [2.45, 2.75) is 109 Å². The van der Waals surface area contributed by atoms with Gasteiger partial charge in [0.2, 0.25) is 0 Å². The Kier molecular flexibility index (Phi) is 5.32. The molecule has 164 valence electrons. The SMILES string of the molecule is C=C[C@]12CC[C@H](O[Si](C)(C)C(C)(C)C)CC1=CCC1C2CC[C@@]2(C)C1CC[C@@H]2O. The number of aliphatic hydroxyl groups excluding tert-OH is 1. The Labute approximate surface area is 180 Å². The van der Waals surface area contributed by atoms with E-state index in [2.05, 4.69) is 59.5 Å². The van der Waals surface area contributed by atoms with Crippen LogP contribution in [-0.2, 0) is 4.43 Å². The van der Waals surface area contributed by atoms with Gasteiger partial charge in [-0.2, -0.15) is 0 Å². The minimum absolute atomic E-state index is 0.0905. The maximum Gasteiger partial charge on any atom is 0.192 e. The Bertz CT molecular complexity index is 689. The Balaban J connectivity index is 1.57. The first-order valence-electron chi connectivity index (χ1n) is 12.1. The summed E-state index contributed by atoms with van der Waals surface area (Å²) in [6.07, 6.45) is 14.5. The summed E-state index contributed by atoms with van der Waals surface area (Å²) in [6.45, 7) is 18.6. The summed E-state index contributed by atoms with van der Waals surface area (Å²) in [7, 11) is -1.73. The molecule has 0 amide bonds. The van der Waals surface area contributed by atoms with Crippen LogP contribution >= 0.6 is 0 Å². The lowest BCUT2D eigenvalue weighted by atomic mass is 9.47. The zero-order valence-electron chi connectivity index (χ0n) is 19.8. The van der Waals surface area contributed by atoms with Crippen LogP contribution < -0.4 is 0 Å². The third kappa shape index (κ3) is 3.26. The van der Waals surface area contributed by atoms with E-state index in [1.54, 1.807) is 5.57 Å². The van der Waals surface area contributed by atoms with E-state index in [0.29, 0.717) is 12.0 Å². The molecule has 3 heteroatoms. The Morgan fingerprint density at radius 1 is 1.14 bits per heavy atom. The van der Waals surface area contributed by atoms with Crippen molar-refractivity contribution < 1.29 is 9.53 Å². The number of hydrogen-bond acceptors (Lipinski definition) is 2. The topological polar surface area (TPSA) is 29.5 Å². The van der Waals surface area contributed by atoms with Gasteiger partial charge in [-0.1, -0.05) is 45.4 Å². The molecule has 0 heterocycles. The van der Waals surface area contributed by atoms with Crippen molar-refractivity contribution in [1.29, 1.82) is 0 Å². The number of hydrogen-bond donors (Lipinski definition) is 1. The van der Waals surface area contributed by atoms with Crippen molar-refractivity contribution in [3.05, 3.63) is 24.3 Å². The molecule has 0 spiro atoms. The molecule has 0 aromatic carbocycles. The van der Waals surface area contributed by atoms with Crippen molar-refractivity contribution in [3.8, 4) is 0 Å². The molecule has 3 saturated carbocycles. The summed E-state index contributed by atoms with van der Waals surface area (Å²) in [6, 6.07) is 0. The first kappa shape index (κ1) is 21.8. The van der Waals surface area contributed by atoms with E-state index < -0.39 is 8.32 Å². The largest absolute Gasteiger partial charge is 0.414 e. The highest BCUT2D eigenvalue weighted by molar-refractivity contribution is 6.74. The number of aliphatic hydroxyl groups is 1. The minimum Gasteiger partial charge on any atom is -0.414 e. The maximum absolute atomic E-state index is 10.7. The second kappa shape index (κ2) is 7.07. The molecule has 0 radical (unpaired) electrons. The molecule has 3 fully saturated rings. The highest BCUT2D eigenvalue weighted by atomic mass is 28.4. The van der Waals surface area contributed by atoms with E-state index in [9.17, 15) is 5.11 Å². The van der Waals surface area contributed by atoms with E-state index in [1.165, 1.54) is 38.5 Å². The van der Waals surface area contributed by atoms with Crippen LogP contribution in [0.2, 0.25) is 18.1 Å². The van der Waals surface area contributed by atoms with Crippen LogP contribution in [0.3, 0.4) is 0 Å². The van der Waals surface area contributed by atoms with Crippen molar-refractivity contribution in [1.82, 2.24) is 0 Å². The van der Waals surface area contributed by atoms with Gasteiger partial charge in [-0.05, 0) is 92.7 Å². The van der Waals surface area contributed by atoms with Gasteiger partial charge in [-0.15, -0.1) is 6.58 Å². The molecule has 0 aromatic heterocycles. The lowest BCUT2D eigenvalue weighted by molar-refractivity contribution is -0.0637. The quantitative estimate of drug-likeness (QED) is 0.402. The number of rotatable bonds is 3. The van der Waals surface area contributed by atoms with Crippen LogP contribution in [0.25, 0.3) is 0 Å². The van der Waals surface area contributed by atoms with Crippen LogP contribution in [0.5, 0.6) is 0 Å². The van der Waals surface area contributed by atoms with Crippen molar-refractivity contribution >= 4 is 8.32 Å². The van der Waals surface area contributed by atoms with Crippen LogP contribution in [-0.4, -0.2) is 25.6 Å². The molecule has 4 aliphatic carbocycles. The molecular formula is C26H44O2Si. The van der Waals surface area contributed by atoms with Gasteiger partial charge in [0.05, 0.1) is 6.10 Å². The summed E-state index contributed by atoms with van der Waals surface area (Å²) in [4.78, 5) is 0. The van der Waals surface area contributed by atoms with Crippen LogP contribution in [0, 0.1) is 28.6 Å². The maximum atomic E-state index is 10.7. The third-order valence-electron chi connectivity index (χ3n) is 10.2. The molecule has 7 atom stereocenters. The predicted molar refractivity (Wildman–Crippen MR) is 124 cm³/mol. The van der Waals surface area contributed by atoms with Crippen LogP contribution in [0.4, 0.5) is 0 Å². The fourth-order valence-electron chi connectivity index (χ4n) is 7.38. The van der Waals surface area contributed by atoms with Crippen molar-refractivity contribution in [2.75, 3.05) is 0 Å². The summed E-state index contributed by atoms with van der Waals surface area (Å²) >= 11 is 0. The summed E-state index contributed by atoms with van der Waals surface area (Å²) < 4.78 is 6.85. The molecule has 0 saturated heterocycles. The molecular weight excluding hydrogens is 372 g/mol. The Morgan fingerprint density at radius 2 is 1.86 bits per heavy atom. The van der Waals surface area contributed by atoms with Gasteiger partial charge in [-0.25, -0.2) is 0 Å². The van der Waals surface area contributed by atoms with Gasteiger partial charge in [0.25, 0.3) is 0 Å². The standard InChI is InChI=1S/C26H44O2Si/c1-8-26-16-13-19(28-29(6,7)24(2,3)4)17-18(26)9-10-20-21-11-12-23(27)25(21,5)15-14-22(20)26/h8-9,19-23,27H,1,10-17H2,2-7H3/t19-,20?,21?,22?,23-,25-,26-/m0/s1. The summed E-state index contributed by atoms with van der Waals surface area (Å²) in [5, 5.41) is 11.0. The molecule has 0 bridgehead atoms. The average Bonchev–Trinajstić information content (AvgIpc) is 2.95. The molecule has 4 aliphatic rings. The van der Waals surface area contributed by atoms with Crippen LogP contribution in [0.1, 0.15) is 79.1 Å². The van der Waals surface area contributed by atoms with Gasteiger partial charge >= 0.3 is 0 Å². The number of fused-ring (bicyclic) bond motifs is 5. The normalized spacial score (nSPS) is 45.1. The fraction of sp³-hybridized carbons (Fsp3) is 0.846. The van der Waals surface area contributed by atoms with Crippen molar-refractivity contribution in [3.63, 3.8) is 0 Å². The third-order valence-corrected chi connectivity index (χ3v) is 14.8. The lowest BCUT2D eigenvalue weighted by Gasteiger charge is -2.58. The van der Waals surface area contributed by atoms with Gasteiger partial charge < -0.3 is 9.53 Å². The van der Waals surface area contributed by atoms with E-state index in [0.717, 1.165) is 24.7 Å². The highest BCUT2D eigenvalue weighted by Crippen LogP contribution is 2.65. The van der Waals surface area contributed by atoms with E-state index in [4.69, 9.17) is 4.43 Å². The van der Waals surface area contributed by atoms with E-state index in [-0.39, 0.29) is 22.0 Å². The predicted octanol–water partition coefficient (Wildman–Crippen LogP) is 6.87. The molecule has 1 N–H and O–H groups in total. The molecule has 4 rings (SSSR count). The second-order valence-electron chi connectivity index (χ2n) is 12.5. The zero-order chi connectivity index (χ0) is 21.2. The minimum atomic E-state index is -1.73. The summed E-state index contributed by atoms with van der Waals surface area (Å²) in [5.41, 5.74) is 1.97. The number of allylic oxidation sites excluding steroid dienone is 2. The van der Waals surface area contributed by atoms with E-state index >= 15 is 0 Å².